The van der Waals surface area contributed by atoms with Crippen LogP contribution in [0.5, 0.6) is 0 Å². The summed E-state index contributed by atoms with van der Waals surface area (Å²) in [5.74, 6) is 0. The number of hydrogen-bond donors (Lipinski definition) is 0. The Kier molecular flexibility index (Phi) is 4.62. The van der Waals surface area contributed by atoms with Crippen molar-refractivity contribution in [2.24, 2.45) is 5.18 Å². The highest BCUT2D eigenvalue weighted by atomic mass is 32.2. The van der Waals surface area contributed by atoms with Gasteiger partial charge in [0.15, 0.2) is 0 Å². The molecule has 0 unspecified atom stereocenters. The topological polar surface area (TPSA) is 90.4 Å². The van der Waals surface area contributed by atoms with Gasteiger partial charge in [0, 0.05) is 11.0 Å². The molecule has 0 aliphatic carbocycles. The molecule has 0 fully saturated rings. The van der Waals surface area contributed by atoms with E-state index < -0.39 is 4.92 Å². The van der Waals surface area contributed by atoms with Gasteiger partial charge >= 0.3 is 0 Å². The number of nitrogens with zero attached hydrogens (tertiary/aromatic N) is 4. The Bertz CT molecular complexity index is 1190. The van der Waals surface area contributed by atoms with Gasteiger partial charge in [0.2, 0.25) is 0 Å². The van der Waals surface area contributed by atoms with Crippen molar-refractivity contribution in [2.75, 3.05) is 0 Å². The molecule has 0 N–H and O–H groups in total. The fraction of sp³-hybridized carbons (Fsp3) is 0.0500. The van der Waals surface area contributed by atoms with E-state index >= 15 is 0 Å². The molecule has 8 heteroatoms. The number of benzene rings is 3. The van der Waals surface area contributed by atoms with Gasteiger partial charge in [0.1, 0.15) is 10.6 Å². The Labute approximate surface area is 164 Å². The number of para-hydroxylation sites is 1. The van der Waals surface area contributed by atoms with Crippen molar-refractivity contribution in [1.82, 2.24) is 9.78 Å². The largest absolute Gasteiger partial charge is 0.287 e. The van der Waals surface area contributed by atoms with Crippen LogP contribution in [0, 0.1) is 21.9 Å². The van der Waals surface area contributed by atoms with Crippen molar-refractivity contribution in [1.29, 1.82) is 0 Å². The highest BCUT2D eigenvalue weighted by Crippen LogP contribution is 2.46. The SMILES string of the molecule is Cc1ccc(Sc2c([N+](=O)[O-])cc3c(cnn3-c3ccccc3)c2N=O)cc1. The number of nitroso groups, excluding NO2 is 1. The molecule has 7 nitrogen and oxygen atoms in total. The second-order valence-electron chi connectivity index (χ2n) is 6.16. The minimum absolute atomic E-state index is 0.0250. The molecule has 0 radical (unpaired) electrons. The Balaban J connectivity index is 1.94. The maximum atomic E-state index is 11.8. The van der Waals surface area contributed by atoms with Gasteiger partial charge in [-0.15, -0.1) is 4.91 Å². The van der Waals surface area contributed by atoms with Crippen molar-refractivity contribution in [3.63, 3.8) is 0 Å². The van der Waals surface area contributed by atoms with Crippen molar-refractivity contribution < 1.29 is 4.92 Å². The molecule has 28 heavy (non-hydrogen) atoms. The number of hydrogen-bond acceptors (Lipinski definition) is 6. The van der Waals surface area contributed by atoms with Gasteiger partial charge in [-0.25, -0.2) is 4.68 Å². The summed E-state index contributed by atoms with van der Waals surface area (Å²) in [6.07, 6.45) is 1.52. The van der Waals surface area contributed by atoms with Crippen LogP contribution in [0.1, 0.15) is 5.56 Å². The van der Waals surface area contributed by atoms with Crippen LogP contribution < -0.4 is 0 Å². The Morgan fingerprint density at radius 1 is 1.11 bits per heavy atom. The first-order chi connectivity index (χ1) is 13.6. The molecule has 4 aromatic rings. The van der Waals surface area contributed by atoms with Crippen LogP contribution in [-0.4, -0.2) is 14.7 Å². The maximum Gasteiger partial charge on any atom is 0.287 e. The van der Waals surface area contributed by atoms with E-state index in [0.717, 1.165) is 27.9 Å². The standard InChI is InChI=1S/C20H14N4O3S/c1-13-7-9-15(10-8-13)28-20-18(24(26)27)11-17-16(19(20)22-25)12-21-23(17)14-5-3-2-4-6-14/h2-12H,1H3. The fourth-order valence-corrected chi connectivity index (χ4v) is 3.93. The normalized spacial score (nSPS) is 10.9. The minimum atomic E-state index is -0.493. The molecule has 1 heterocycles. The number of nitro groups is 1. The molecular weight excluding hydrogens is 376 g/mol. The molecule has 4 rings (SSSR count). The van der Waals surface area contributed by atoms with Crippen LogP contribution in [-0.2, 0) is 0 Å². The first-order valence-electron chi connectivity index (χ1n) is 8.41. The predicted octanol–water partition coefficient (Wildman–Crippen LogP) is 5.79. The van der Waals surface area contributed by atoms with Crippen LogP contribution in [0.25, 0.3) is 16.6 Å². The van der Waals surface area contributed by atoms with Gasteiger partial charge in [-0.3, -0.25) is 10.1 Å². The van der Waals surface area contributed by atoms with Crippen LogP contribution >= 0.6 is 11.8 Å². The lowest BCUT2D eigenvalue weighted by atomic mass is 10.2. The molecule has 0 spiro atoms. The van der Waals surface area contributed by atoms with Crippen LogP contribution in [0.4, 0.5) is 11.4 Å². The lowest BCUT2D eigenvalue weighted by Crippen LogP contribution is -1.97. The van der Waals surface area contributed by atoms with Gasteiger partial charge in [0.25, 0.3) is 5.69 Å². The molecule has 138 valence electrons. The van der Waals surface area contributed by atoms with E-state index in [-0.39, 0.29) is 16.3 Å². The summed E-state index contributed by atoms with van der Waals surface area (Å²) in [4.78, 5) is 24.0. The number of nitro benzene ring substituents is 1. The zero-order chi connectivity index (χ0) is 19.7. The first kappa shape index (κ1) is 17.9. The summed E-state index contributed by atoms with van der Waals surface area (Å²) in [6.45, 7) is 1.96. The number of rotatable bonds is 5. The Morgan fingerprint density at radius 3 is 2.46 bits per heavy atom. The molecule has 1 aromatic heterocycles. The molecule has 0 aliphatic heterocycles. The molecule has 0 bridgehead atoms. The summed E-state index contributed by atoms with van der Waals surface area (Å²) < 4.78 is 1.57. The van der Waals surface area contributed by atoms with Gasteiger partial charge in [0.05, 0.1) is 27.7 Å². The number of fused-ring (bicyclic) bond motifs is 1. The molecule has 3 aromatic carbocycles. The zero-order valence-corrected chi connectivity index (χ0v) is 15.6. The van der Waals surface area contributed by atoms with E-state index in [1.165, 1.54) is 12.3 Å². The minimum Gasteiger partial charge on any atom is -0.258 e. The summed E-state index contributed by atoms with van der Waals surface area (Å²) in [5.41, 5.74) is 2.12. The van der Waals surface area contributed by atoms with Crippen molar-refractivity contribution >= 4 is 34.0 Å². The average molecular weight is 390 g/mol. The van der Waals surface area contributed by atoms with Crippen molar-refractivity contribution in [2.45, 2.75) is 16.7 Å². The predicted molar refractivity (Wildman–Crippen MR) is 108 cm³/mol. The lowest BCUT2D eigenvalue weighted by molar-refractivity contribution is -0.387. The quantitative estimate of drug-likeness (QED) is 0.244. The van der Waals surface area contributed by atoms with E-state index in [1.807, 2.05) is 61.5 Å². The van der Waals surface area contributed by atoms with Crippen LogP contribution in [0.3, 0.4) is 0 Å². The first-order valence-corrected chi connectivity index (χ1v) is 9.22. The van der Waals surface area contributed by atoms with Crippen LogP contribution in [0.2, 0.25) is 0 Å². The number of aromatic nitrogens is 2. The van der Waals surface area contributed by atoms with E-state index in [0.29, 0.717) is 10.9 Å². The zero-order valence-electron chi connectivity index (χ0n) is 14.8. The van der Waals surface area contributed by atoms with E-state index in [9.17, 15) is 15.0 Å². The average Bonchev–Trinajstić information content (AvgIpc) is 3.13. The molecule has 0 atom stereocenters. The number of aryl methyl sites for hydroxylation is 1. The van der Waals surface area contributed by atoms with E-state index in [2.05, 4.69) is 10.3 Å². The summed E-state index contributed by atoms with van der Waals surface area (Å²) in [5, 5.41) is 19.7. The van der Waals surface area contributed by atoms with Gasteiger partial charge in [-0.2, -0.15) is 5.10 Å². The summed E-state index contributed by atoms with van der Waals surface area (Å²) in [6, 6.07) is 18.2. The maximum absolute atomic E-state index is 11.8. The highest BCUT2D eigenvalue weighted by Gasteiger charge is 2.25. The molecule has 0 saturated heterocycles. The highest BCUT2D eigenvalue weighted by molar-refractivity contribution is 7.99. The van der Waals surface area contributed by atoms with Crippen LogP contribution in [0.15, 0.2) is 81.8 Å². The lowest BCUT2D eigenvalue weighted by Gasteiger charge is -2.08. The smallest absolute Gasteiger partial charge is 0.258 e. The second kappa shape index (κ2) is 7.24. The van der Waals surface area contributed by atoms with Gasteiger partial charge in [-0.05, 0) is 36.4 Å². The molecule has 0 aliphatic rings. The molecule has 0 saturated carbocycles. The third-order valence-electron chi connectivity index (χ3n) is 4.31. The summed E-state index contributed by atoms with van der Waals surface area (Å²) >= 11 is 1.15. The monoisotopic (exact) mass is 390 g/mol. The fourth-order valence-electron chi connectivity index (χ4n) is 2.94. The van der Waals surface area contributed by atoms with Gasteiger partial charge in [-0.1, -0.05) is 47.7 Å². The van der Waals surface area contributed by atoms with Crippen molar-refractivity contribution in [3.8, 4) is 5.69 Å². The van der Waals surface area contributed by atoms with Crippen molar-refractivity contribution in [3.05, 3.63) is 87.4 Å². The third-order valence-corrected chi connectivity index (χ3v) is 5.43. The summed E-state index contributed by atoms with van der Waals surface area (Å²) in [7, 11) is 0. The molecular formula is C20H14N4O3S. The second-order valence-corrected chi connectivity index (χ2v) is 7.25. The van der Waals surface area contributed by atoms with E-state index in [1.54, 1.807) is 4.68 Å². The third kappa shape index (κ3) is 3.14. The van der Waals surface area contributed by atoms with E-state index in [4.69, 9.17) is 0 Å². The Morgan fingerprint density at radius 2 is 1.82 bits per heavy atom. The molecule has 0 amide bonds. The Hall–Kier alpha value is -3.52. The van der Waals surface area contributed by atoms with Gasteiger partial charge < -0.3 is 0 Å².